The molecule has 1 atom stereocenters. The van der Waals surface area contributed by atoms with Crippen molar-refractivity contribution in [2.24, 2.45) is 0 Å². The minimum absolute atomic E-state index is 0.00463. The fraction of sp³-hybridized carbons (Fsp3) is 0.625. The zero-order valence-corrected chi connectivity index (χ0v) is 17.1. The van der Waals surface area contributed by atoms with Crippen LogP contribution in [-0.4, -0.2) is 50.5 Å². The Balaban J connectivity index is 0.000000561. The average Bonchev–Trinajstić information content (AvgIpc) is 2.44. The van der Waals surface area contributed by atoms with Crippen LogP contribution in [0, 0.1) is 0 Å². The van der Waals surface area contributed by atoms with Crippen molar-refractivity contribution in [3.8, 4) is 11.5 Å². The van der Waals surface area contributed by atoms with Crippen LogP contribution >= 0.6 is 15.9 Å². The molecular weight excluding hydrogens is 398 g/mol. The summed E-state index contributed by atoms with van der Waals surface area (Å²) in [6, 6.07) is 7.50. The van der Waals surface area contributed by atoms with Crippen LogP contribution in [0.5, 0.6) is 11.5 Å². The number of hydrogen-bond donors (Lipinski definition) is 2. The average molecular weight is 426 g/mol. The summed E-state index contributed by atoms with van der Waals surface area (Å²) < 4.78 is 34.0. The molecule has 2 N–H and O–H groups in total. The van der Waals surface area contributed by atoms with Gasteiger partial charge in [0.1, 0.15) is 6.61 Å². The van der Waals surface area contributed by atoms with E-state index < -0.39 is 16.1 Å². The summed E-state index contributed by atoms with van der Waals surface area (Å²) in [5.41, 5.74) is 0. The van der Waals surface area contributed by atoms with E-state index in [1.807, 2.05) is 24.3 Å². The summed E-state index contributed by atoms with van der Waals surface area (Å²) in [4.78, 5) is 0. The van der Waals surface area contributed by atoms with Gasteiger partial charge in [-0.15, -0.1) is 0 Å². The molecule has 1 aromatic rings. The molecule has 0 radical (unpaired) electrons. The maximum Gasteiger partial charge on any atom is 0.208 e. The van der Waals surface area contributed by atoms with Crippen LogP contribution in [0.3, 0.4) is 0 Å². The lowest BCUT2D eigenvalue weighted by Gasteiger charge is -2.13. The molecule has 0 heterocycles. The van der Waals surface area contributed by atoms with Gasteiger partial charge in [-0.1, -0.05) is 28.1 Å². The van der Waals surface area contributed by atoms with Gasteiger partial charge in [-0.2, -0.15) is 0 Å². The lowest BCUT2D eigenvalue weighted by molar-refractivity contribution is 0.120. The first-order chi connectivity index (χ1) is 11.2. The molecule has 1 rings (SSSR count). The van der Waals surface area contributed by atoms with Crippen molar-refractivity contribution >= 4 is 26.0 Å². The van der Waals surface area contributed by atoms with Crippen molar-refractivity contribution in [3.05, 3.63) is 24.3 Å². The monoisotopic (exact) mass is 425 g/mol. The van der Waals surface area contributed by atoms with Gasteiger partial charge in [0.2, 0.25) is 10.0 Å². The Labute approximate surface area is 153 Å². The highest BCUT2D eigenvalue weighted by molar-refractivity contribution is 9.09. The number of hydrogen-bond acceptors (Lipinski definition) is 5. The predicted molar refractivity (Wildman–Crippen MR) is 101 cm³/mol. The third kappa shape index (κ3) is 13.6. The molecule has 0 aliphatic carbocycles. The largest absolute Gasteiger partial charge is 0.490 e. The molecule has 8 heteroatoms. The van der Waals surface area contributed by atoms with Crippen molar-refractivity contribution in [1.29, 1.82) is 0 Å². The van der Waals surface area contributed by atoms with Gasteiger partial charge in [0.15, 0.2) is 11.5 Å². The number of sulfonamides is 1. The van der Waals surface area contributed by atoms with Crippen molar-refractivity contribution < 1.29 is 23.0 Å². The van der Waals surface area contributed by atoms with Crippen LogP contribution in [0.1, 0.15) is 27.2 Å². The van der Waals surface area contributed by atoms with Crippen LogP contribution in [0.25, 0.3) is 0 Å². The molecular formula is C16H28BrNO5S. The van der Waals surface area contributed by atoms with E-state index in [1.165, 1.54) is 0 Å². The molecule has 1 aromatic carbocycles. The molecule has 0 saturated carbocycles. The van der Waals surface area contributed by atoms with E-state index >= 15 is 0 Å². The first kappa shape index (κ1) is 23.2. The Bertz CT molecular complexity index is 549. The molecule has 24 heavy (non-hydrogen) atoms. The molecule has 0 saturated heterocycles. The maximum absolute atomic E-state index is 10.3. The van der Waals surface area contributed by atoms with E-state index in [9.17, 15) is 8.42 Å². The SMILES string of the molecule is CC(C)NS(C)(=O)=O.CC(O)COc1ccccc1OCCCBr. The third-order valence-corrected chi connectivity index (χ3v) is 3.77. The maximum atomic E-state index is 10.3. The first-order valence-corrected chi connectivity index (χ1v) is 10.7. The topological polar surface area (TPSA) is 84.9 Å². The predicted octanol–water partition coefficient (Wildman–Crippen LogP) is 2.55. The number of ether oxygens (including phenoxy) is 2. The minimum atomic E-state index is -2.97. The molecule has 0 spiro atoms. The Hall–Kier alpha value is -0.830. The van der Waals surface area contributed by atoms with E-state index in [0.29, 0.717) is 12.4 Å². The number of para-hydroxylation sites is 2. The van der Waals surface area contributed by atoms with Gasteiger partial charge in [-0.05, 0) is 39.3 Å². The third-order valence-electron chi connectivity index (χ3n) is 2.31. The summed E-state index contributed by atoms with van der Waals surface area (Å²) in [5, 5.41) is 10.1. The van der Waals surface area contributed by atoms with Gasteiger partial charge < -0.3 is 14.6 Å². The number of alkyl halides is 1. The number of halogens is 1. The smallest absolute Gasteiger partial charge is 0.208 e. The van der Waals surface area contributed by atoms with Gasteiger partial charge in [-0.25, -0.2) is 13.1 Å². The molecule has 0 amide bonds. The van der Waals surface area contributed by atoms with Crippen LogP contribution in [0.15, 0.2) is 24.3 Å². The number of rotatable bonds is 9. The summed E-state index contributed by atoms with van der Waals surface area (Å²) in [6.07, 6.45) is 1.62. The van der Waals surface area contributed by atoms with Crippen LogP contribution in [0.2, 0.25) is 0 Å². The minimum Gasteiger partial charge on any atom is -0.490 e. The van der Waals surface area contributed by atoms with E-state index in [-0.39, 0.29) is 12.6 Å². The number of aliphatic hydroxyl groups excluding tert-OH is 1. The molecule has 6 nitrogen and oxygen atoms in total. The van der Waals surface area contributed by atoms with Crippen molar-refractivity contribution in [3.63, 3.8) is 0 Å². The lowest BCUT2D eigenvalue weighted by Crippen LogP contribution is -2.28. The highest BCUT2D eigenvalue weighted by Crippen LogP contribution is 2.26. The molecule has 140 valence electrons. The molecule has 0 fully saturated rings. The summed E-state index contributed by atoms with van der Waals surface area (Å²) >= 11 is 3.35. The van der Waals surface area contributed by atoms with Crippen molar-refractivity contribution in [2.45, 2.75) is 39.3 Å². The normalized spacial score (nSPS) is 12.3. The zero-order valence-electron chi connectivity index (χ0n) is 14.7. The summed E-state index contributed by atoms with van der Waals surface area (Å²) in [6.45, 7) is 6.18. The van der Waals surface area contributed by atoms with Gasteiger partial charge in [0.05, 0.1) is 19.0 Å². The van der Waals surface area contributed by atoms with Crippen LogP contribution < -0.4 is 14.2 Å². The first-order valence-electron chi connectivity index (χ1n) is 7.71. The molecule has 0 aromatic heterocycles. The van der Waals surface area contributed by atoms with E-state index in [0.717, 1.165) is 23.8 Å². The Morgan fingerprint density at radius 1 is 1.17 bits per heavy atom. The van der Waals surface area contributed by atoms with Gasteiger partial charge in [0.25, 0.3) is 0 Å². The fourth-order valence-electron chi connectivity index (χ4n) is 1.56. The summed E-state index contributed by atoms with van der Waals surface area (Å²) in [7, 11) is -2.97. The van der Waals surface area contributed by atoms with Gasteiger partial charge in [-0.3, -0.25) is 0 Å². The number of nitrogens with one attached hydrogen (secondary N) is 1. The second-order valence-electron chi connectivity index (χ2n) is 5.54. The quantitative estimate of drug-likeness (QED) is 0.468. The van der Waals surface area contributed by atoms with Gasteiger partial charge in [0, 0.05) is 11.4 Å². The highest BCUT2D eigenvalue weighted by Gasteiger charge is 2.05. The summed E-state index contributed by atoms with van der Waals surface area (Å²) in [5.74, 6) is 1.40. The Morgan fingerprint density at radius 2 is 1.71 bits per heavy atom. The lowest BCUT2D eigenvalue weighted by atomic mass is 10.3. The molecule has 0 aliphatic rings. The molecule has 1 unspecified atom stereocenters. The Kier molecular flexibility index (Phi) is 12.1. The van der Waals surface area contributed by atoms with Gasteiger partial charge >= 0.3 is 0 Å². The van der Waals surface area contributed by atoms with Crippen molar-refractivity contribution in [2.75, 3.05) is 24.8 Å². The standard InChI is InChI=1S/C12H17BrO3.C4H11NO2S/c1-10(14)9-16-12-6-3-2-5-11(12)15-8-4-7-13;1-4(2)5-8(3,6)7/h2-3,5-6,10,14H,4,7-9H2,1H3;4-5H,1-3H3. The zero-order chi connectivity index (χ0) is 18.6. The van der Waals surface area contributed by atoms with E-state index in [1.54, 1.807) is 20.8 Å². The van der Waals surface area contributed by atoms with E-state index in [4.69, 9.17) is 14.6 Å². The second kappa shape index (κ2) is 12.5. The number of benzene rings is 1. The van der Waals surface area contributed by atoms with Crippen LogP contribution in [0.4, 0.5) is 0 Å². The fourth-order valence-corrected chi connectivity index (χ4v) is 2.65. The Morgan fingerprint density at radius 3 is 2.08 bits per heavy atom. The van der Waals surface area contributed by atoms with Crippen LogP contribution in [-0.2, 0) is 10.0 Å². The molecule has 0 bridgehead atoms. The number of aliphatic hydroxyl groups is 1. The molecule has 0 aliphatic heterocycles. The second-order valence-corrected chi connectivity index (χ2v) is 8.12. The highest BCUT2D eigenvalue weighted by atomic mass is 79.9. The van der Waals surface area contributed by atoms with E-state index in [2.05, 4.69) is 20.7 Å². The van der Waals surface area contributed by atoms with Crippen molar-refractivity contribution in [1.82, 2.24) is 4.72 Å².